The van der Waals surface area contributed by atoms with Gasteiger partial charge in [0.15, 0.2) is 0 Å². The van der Waals surface area contributed by atoms with Crippen molar-refractivity contribution in [3.05, 3.63) is 0 Å². The van der Waals surface area contributed by atoms with Gasteiger partial charge in [-0.25, -0.2) is 4.79 Å². The molecule has 0 aromatic carbocycles. The quantitative estimate of drug-likeness (QED) is 0.187. The molecule has 0 radical (unpaired) electrons. The van der Waals surface area contributed by atoms with Crippen LogP contribution in [0.3, 0.4) is 0 Å². The molecule has 0 amide bonds. The number of hydrogen-bond donors (Lipinski definition) is 1. The molecule has 8 heteroatoms. The van der Waals surface area contributed by atoms with Crippen molar-refractivity contribution in [2.45, 2.75) is 57.9 Å². The van der Waals surface area contributed by atoms with Gasteiger partial charge in [-0.05, 0) is 31.6 Å². The Hall–Kier alpha value is 0.410. The number of carbonyl (C=O) groups excluding carboxylic acids is 1. The number of rotatable bonds is 10. The van der Waals surface area contributed by atoms with Crippen LogP contribution in [0.2, 0.25) is 0 Å². The molecule has 0 heterocycles. The van der Waals surface area contributed by atoms with Crippen molar-refractivity contribution in [2.24, 2.45) is 4.99 Å². The Balaban J connectivity index is -0.00000144. The van der Waals surface area contributed by atoms with Gasteiger partial charge in [0, 0.05) is 5.97 Å². The van der Waals surface area contributed by atoms with Crippen LogP contribution in [-0.2, 0) is 9.59 Å². The van der Waals surface area contributed by atoms with E-state index < -0.39 is 30.3 Å². The number of aliphatic imine (C=N–C) groups is 1. The van der Waals surface area contributed by atoms with Crippen molar-refractivity contribution >= 4 is 17.8 Å². The zero-order valence-corrected chi connectivity index (χ0v) is 16.6. The first-order valence-corrected chi connectivity index (χ1v) is 6.13. The number of carboxylic acids is 2. The Labute approximate surface area is 163 Å². The summed E-state index contributed by atoms with van der Waals surface area (Å²) in [6, 6.07) is -1.28. The standard InChI is InChI=1S/C12H21NO5.2Na/c1-2-3-4-5-6-10(14)13-9(12(17)18)7-8-11(15)16;;/h9H,2-8H2,1H3,(H,13,14)(H,15,16)(H,17,18);;/q;2*+1/p-2/t9-;;/m0../s1. The summed E-state index contributed by atoms with van der Waals surface area (Å²) in [4.78, 5) is 24.5. The minimum atomic E-state index is -1.34. The summed E-state index contributed by atoms with van der Waals surface area (Å²) >= 11 is 0. The molecule has 0 saturated heterocycles. The largest absolute Gasteiger partial charge is 1.00 e. The van der Waals surface area contributed by atoms with Gasteiger partial charge in [0.05, 0.1) is 0 Å². The molecule has 0 spiro atoms. The molecule has 0 bridgehead atoms. The monoisotopic (exact) mass is 303 g/mol. The number of carbonyl (C=O) groups is 2. The topological polar surface area (TPSA) is 113 Å². The van der Waals surface area contributed by atoms with Gasteiger partial charge in [-0.2, -0.15) is 0 Å². The summed E-state index contributed by atoms with van der Waals surface area (Å²) in [6.07, 6.45) is 3.27. The average molecular weight is 303 g/mol. The molecule has 0 unspecified atom stereocenters. The third-order valence-corrected chi connectivity index (χ3v) is 2.45. The maximum Gasteiger partial charge on any atom is 1.00 e. The molecular formula is C12H19NNa2O5. The van der Waals surface area contributed by atoms with Crippen LogP contribution in [0.4, 0.5) is 0 Å². The summed E-state index contributed by atoms with van der Waals surface area (Å²) < 4.78 is 0. The summed E-state index contributed by atoms with van der Waals surface area (Å²) in [5, 5.41) is 30.4. The molecule has 104 valence electrons. The van der Waals surface area contributed by atoms with E-state index in [0.29, 0.717) is 6.42 Å². The summed E-state index contributed by atoms with van der Waals surface area (Å²) in [5.74, 6) is -3.10. The zero-order chi connectivity index (χ0) is 14.0. The Morgan fingerprint density at radius 2 is 1.70 bits per heavy atom. The van der Waals surface area contributed by atoms with E-state index in [9.17, 15) is 19.8 Å². The number of carboxylic acid groups (broad SMARTS) is 2. The second kappa shape index (κ2) is 15.8. The van der Waals surface area contributed by atoms with Gasteiger partial charge in [0.2, 0.25) is 0 Å². The van der Waals surface area contributed by atoms with Gasteiger partial charge in [0.25, 0.3) is 0 Å². The van der Waals surface area contributed by atoms with E-state index in [0.717, 1.165) is 19.3 Å². The fourth-order valence-corrected chi connectivity index (χ4v) is 1.44. The fraction of sp³-hybridized carbons (Fsp3) is 0.750. The van der Waals surface area contributed by atoms with Gasteiger partial charge >= 0.3 is 65.1 Å². The van der Waals surface area contributed by atoms with Gasteiger partial charge < -0.3 is 20.1 Å². The first kappa shape index (κ1) is 25.4. The second-order valence-electron chi connectivity index (χ2n) is 4.10. The maximum atomic E-state index is 11.4. The number of aliphatic carboxylic acids is 2. The van der Waals surface area contributed by atoms with E-state index >= 15 is 0 Å². The summed E-state index contributed by atoms with van der Waals surface area (Å²) in [5.41, 5.74) is 0. The summed E-state index contributed by atoms with van der Waals surface area (Å²) in [7, 11) is 0. The predicted molar refractivity (Wildman–Crippen MR) is 61.9 cm³/mol. The van der Waals surface area contributed by atoms with Crippen molar-refractivity contribution in [3.63, 3.8) is 0 Å². The molecule has 20 heavy (non-hydrogen) atoms. The van der Waals surface area contributed by atoms with E-state index in [1.54, 1.807) is 0 Å². The minimum absolute atomic E-state index is 0. The van der Waals surface area contributed by atoms with Crippen LogP contribution in [0.5, 0.6) is 0 Å². The number of unbranched alkanes of at least 4 members (excludes halogenated alkanes) is 3. The molecule has 0 fully saturated rings. The first-order chi connectivity index (χ1) is 8.47. The van der Waals surface area contributed by atoms with Crippen LogP contribution in [0.25, 0.3) is 0 Å². The van der Waals surface area contributed by atoms with E-state index in [4.69, 9.17) is 5.11 Å². The van der Waals surface area contributed by atoms with E-state index in [2.05, 4.69) is 4.99 Å². The van der Waals surface area contributed by atoms with Crippen LogP contribution in [-0.4, -0.2) is 29.0 Å². The fourth-order valence-electron chi connectivity index (χ4n) is 1.44. The molecule has 0 aromatic heterocycles. The SMILES string of the molecule is CCCCCCC([O-])=N[C@@H](CCC(=O)[O-])C(=O)O.[Na+].[Na+]. The van der Waals surface area contributed by atoms with E-state index in [1.807, 2.05) is 6.92 Å². The van der Waals surface area contributed by atoms with Crippen molar-refractivity contribution in [1.82, 2.24) is 0 Å². The van der Waals surface area contributed by atoms with Gasteiger partial charge in [0.1, 0.15) is 6.04 Å². The Morgan fingerprint density at radius 3 is 2.15 bits per heavy atom. The molecule has 0 aliphatic rings. The van der Waals surface area contributed by atoms with Crippen molar-refractivity contribution in [2.75, 3.05) is 0 Å². The van der Waals surface area contributed by atoms with E-state index in [-0.39, 0.29) is 72.0 Å². The van der Waals surface area contributed by atoms with Crippen LogP contribution >= 0.6 is 0 Å². The smallest absolute Gasteiger partial charge is 0.862 e. The molecule has 0 saturated carbocycles. The van der Waals surface area contributed by atoms with Crippen LogP contribution in [0, 0.1) is 0 Å². The Bertz CT molecular complexity index is 310. The summed E-state index contributed by atoms with van der Waals surface area (Å²) in [6.45, 7) is 2.05. The van der Waals surface area contributed by atoms with Gasteiger partial charge in [-0.3, -0.25) is 4.99 Å². The molecule has 1 N–H and O–H groups in total. The zero-order valence-electron chi connectivity index (χ0n) is 12.6. The van der Waals surface area contributed by atoms with Crippen LogP contribution < -0.4 is 69.3 Å². The third kappa shape index (κ3) is 14.8. The Morgan fingerprint density at radius 1 is 1.10 bits per heavy atom. The molecule has 0 aliphatic heterocycles. The van der Waals surface area contributed by atoms with Gasteiger partial charge in [-0.1, -0.05) is 26.2 Å². The number of hydrogen-bond acceptors (Lipinski definition) is 5. The van der Waals surface area contributed by atoms with Crippen LogP contribution in [0.1, 0.15) is 51.9 Å². The first-order valence-electron chi connectivity index (χ1n) is 6.13. The predicted octanol–water partition coefficient (Wildman–Crippen LogP) is -6.29. The molecule has 0 rings (SSSR count). The second-order valence-corrected chi connectivity index (χ2v) is 4.10. The maximum absolute atomic E-state index is 11.4. The molecule has 1 atom stereocenters. The normalized spacial score (nSPS) is 11.9. The Kier molecular flexibility index (Phi) is 20.0. The van der Waals surface area contributed by atoms with Crippen molar-refractivity contribution < 1.29 is 84.0 Å². The van der Waals surface area contributed by atoms with Crippen molar-refractivity contribution in [3.8, 4) is 0 Å². The minimum Gasteiger partial charge on any atom is -0.862 e. The van der Waals surface area contributed by atoms with Gasteiger partial charge in [-0.15, -0.1) is 0 Å². The van der Waals surface area contributed by atoms with Crippen molar-refractivity contribution in [1.29, 1.82) is 0 Å². The third-order valence-electron chi connectivity index (χ3n) is 2.45. The van der Waals surface area contributed by atoms with E-state index in [1.165, 1.54) is 0 Å². The van der Waals surface area contributed by atoms with Crippen LogP contribution in [0.15, 0.2) is 4.99 Å². The molecule has 6 nitrogen and oxygen atoms in total. The molecular weight excluding hydrogens is 284 g/mol. The average Bonchev–Trinajstić information content (AvgIpc) is 2.29. The number of nitrogens with zero attached hydrogens (tertiary/aromatic N) is 1. The molecule has 0 aliphatic carbocycles. The molecule has 0 aromatic rings.